The molecule has 6 nitrogen and oxygen atoms in total. The Labute approximate surface area is 142 Å². The van der Waals surface area contributed by atoms with Crippen LogP contribution in [-0.2, 0) is 18.6 Å². The van der Waals surface area contributed by atoms with Gasteiger partial charge < -0.3 is 14.7 Å². The van der Waals surface area contributed by atoms with Gasteiger partial charge in [0.1, 0.15) is 5.69 Å². The molecule has 0 fully saturated rings. The molecule has 0 aliphatic heterocycles. The Bertz CT molecular complexity index is 800. The average molecular weight is 359 g/mol. The first-order valence-electron chi connectivity index (χ1n) is 7.89. The topological polar surface area (TPSA) is 84.3 Å². The summed E-state index contributed by atoms with van der Waals surface area (Å²) in [6, 6.07) is 0. The largest absolute Gasteiger partial charge is 0.422 e. The summed E-state index contributed by atoms with van der Waals surface area (Å²) in [5, 5.41) is 27.8. The molecule has 25 heavy (non-hydrogen) atoms. The lowest BCUT2D eigenvalue weighted by atomic mass is 9.82. The predicted molar refractivity (Wildman–Crippen MR) is 81.8 cm³/mol. The van der Waals surface area contributed by atoms with Gasteiger partial charge >= 0.3 is 6.18 Å². The van der Waals surface area contributed by atoms with Gasteiger partial charge in [0.2, 0.25) is 5.60 Å². The van der Waals surface area contributed by atoms with E-state index in [1.54, 1.807) is 27.0 Å². The molecule has 0 aromatic carbocycles. The van der Waals surface area contributed by atoms with Gasteiger partial charge in [0.05, 0.1) is 23.4 Å². The summed E-state index contributed by atoms with van der Waals surface area (Å²) in [5.74, 6) is -0.154. The van der Waals surface area contributed by atoms with Crippen molar-refractivity contribution in [3.63, 3.8) is 0 Å². The third kappa shape index (κ3) is 2.95. The second-order valence-corrected chi connectivity index (χ2v) is 7.45. The van der Waals surface area contributed by atoms with Crippen LogP contribution in [0.4, 0.5) is 13.2 Å². The number of halogens is 3. The van der Waals surface area contributed by atoms with Gasteiger partial charge in [-0.25, -0.2) is 0 Å². The Hall–Kier alpha value is -1.87. The Morgan fingerprint density at radius 2 is 1.92 bits per heavy atom. The molecule has 0 saturated carbocycles. The SMILES string of the molecule is C[C@@H]1Cc2nn(CC(C)(C)O)cc2-c2onc([C@](C)(O)C(F)(F)F)c21. The smallest absolute Gasteiger partial charge is 0.389 e. The van der Waals surface area contributed by atoms with E-state index in [2.05, 4.69) is 10.3 Å². The van der Waals surface area contributed by atoms with E-state index in [1.807, 2.05) is 0 Å². The molecule has 0 unspecified atom stereocenters. The number of nitrogens with zero attached hydrogens (tertiary/aromatic N) is 3. The van der Waals surface area contributed by atoms with Crippen LogP contribution in [0.1, 0.15) is 50.6 Å². The highest BCUT2D eigenvalue weighted by molar-refractivity contribution is 5.68. The molecular formula is C16H20F3N3O3. The maximum atomic E-state index is 13.2. The Morgan fingerprint density at radius 3 is 2.48 bits per heavy atom. The molecule has 0 bridgehead atoms. The first-order valence-corrected chi connectivity index (χ1v) is 7.89. The second kappa shape index (κ2) is 5.31. The van der Waals surface area contributed by atoms with Crippen LogP contribution in [-0.4, -0.2) is 36.9 Å². The molecule has 0 amide bonds. The van der Waals surface area contributed by atoms with Crippen LogP contribution in [0.3, 0.4) is 0 Å². The summed E-state index contributed by atoms with van der Waals surface area (Å²) in [6.45, 7) is 5.91. The molecule has 2 atom stereocenters. The van der Waals surface area contributed by atoms with Crippen molar-refractivity contribution >= 4 is 0 Å². The molecule has 3 rings (SSSR count). The minimum Gasteiger partial charge on any atom is -0.389 e. The summed E-state index contributed by atoms with van der Waals surface area (Å²) < 4.78 is 46.3. The van der Waals surface area contributed by atoms with E-state index < -0.39 is 23.1 Å². The number of hydrogen-bond acceptors (Lipinski definition) is 5. The molecule has 138 valence electrons. The fourth-order valence-corrected chi connectivity index (χ4v) is 3.11. The molecule has 2 N–H and O–H groups in total. The molecule has 1 aliphatic carbocycles. The van der Waals surface area contributed by atoms with Gasteiger partial charge in [-0.3, -0.25) is 4.68 Å². The number of rotatable bonds is 3. The predicted octanol–water partition coefficient (Wildman–Crippen LogP) is 2.74. The standard InChI is InChI=1S/C16H20F3N3O3/c1-8-5-10-9(6-22(20-10)7-14(2,3)23)12-11(8)13(21-25-12)15(4,24)16(17,18)19/h6,8,23-24H,5,7H2,1-4H3/t8-,15+/m1/s1. The number of fused-ring (bicyclic) bond motifs is 3. The van der Waals surface area contributed by atoms with E-state index in [-0.39, 0.29) is 23.8 Å². The maximum Gasteiger partial charge on any atom is 0.422 e. The fourth-order valence-electron chi connectivity index (χ4n) is 3.11. The Kier molecular flexibility index (Phi) is 3.81. The minimum atomic E-state index is -4.87. The maximum absolute atomic E-state index is 13.2. The normalized spacial score (nSPS) is 20.1. The average Bonchev–Trinajstić information content (AvgIpc) is 2.99. The second-order valence-electron chi connectivity index (χ2n) is 7.45. The highest BCUT2D eigenvalue weighted by Gasteiger charge is 2.55. The molecule has 1 aliphatic rings. The van der Waals surface area contributed by atoms with Crippen LogP contribution in [0.25, 0.3) is 11.3 Å². The molecule has 0 radical (unpaired) electrons. The number of alkyl halides is 3. The van der Waals surface area contributed by atoms with E-state index in [9.17, 15) is 23.4 Å². The van der Waals surface area contributed by atoms with Gasteiger partial charge in [0.15, 0.2) is 5.76 Å². The Balaban J connectivity index is 2.09. The number of aliphatic hydroxyl groups is 2. The lowest BCUT2D eigenvalue weighted by Gasteiger charge is -2.27. The lowest BCUT2D eigenvalue weighted by molar-refractivity contribution is -0.261. The number of aromatic nitrogens is 3. The lowest BCUT2D eigenvalue weighted by Crippen LogP contribution is -2.40. The zero-order chi connectivity index (χ0) is 18.8. The van der Waals surface area contributed by atoms with Crippen molar-refractivity contribution in [2.24, 2.45) is 0 Å². The third-order valence-electron chi connectivity index (χ3n) is 4.37. The van der Waals surface area contributed by atoms with E-state index >= 15 is 0 Å². The van der Waals surface area contributed by atoms with E-state index in [4.69, 9.17) is 4.52 Å². The van der Waals surface area contributed by atoms with Crippen LogP contribution in [0.2, 0.25) is 0 Å². The van der Waals surface area contributed by atoms with Crippen LogP contribution in [0.15, 0.2) is 10.7 Å². The molecule has 0 spiro atoms. The molecule has 9 heteroatoms. The Morgan fingerprint density at radius 1 is 1.28 bits per heavy atom. The van der Waals surface area contributed by atoms with Crippen LogP contribution >= 0.6 is 0 Å². The van der Waals surface area contributed by atoms with Crippen molar-refractivity contribution in [2.45, 2.75) is 64.0 Å². The van der Waals surface area contributed by atoms with Crippen LogP contribution < -0.4 is 0 Å². The van der Waals surface area contributed by atoms with Gasteiger partial charge in [-0.1, -0.05) is 12.1 Å². The van der Waals surface area contributed by atoms with Crippen molar-refractivity contribution < 1.29 is 27.9 Å². The van der Waals surface area contributed by atoms with Crippen LogP contribution in [0.5, 0.6) is 0 Å². The fraction of sp³-hybridized carbons (Fsp3) is 0.625. The van der Waals surface area contributed by atoms with E-state index in [0.717, 1.165) is 0 Å². The van der Waals surface area contributed by atoms with Crippen molar-refractivity contribution in [1.29, 1.82) is 0 Å². The summed E-state index contributed by atoms with van der Waals surface area (Å²) >= 11 is 0. The zero-order valence-corrected chi connectivity index (χ0v) is 14.3. The van der Waals surface area contributed by atoms with Gasteiger partial charge in [-0.05, 0) is 33.1 Å². The third-order valence-corrected chi connectivity index (χ3v) is 4.37. The van der Waals surface area contributed by atoms with Gasteiger partial charge in [0, 0.05) is 11.8 Å². The van der Waals surface area contributed by atoms with Crippen molar-refractivity contribution in [2.75, 3.05) is 0 Å². The first-order chi connectivity index (χ1) is 11.3. The van der Waals surface area contributed by atoms with Gasteiger partial charge in [-0.15, -0.1) is 0 Å². The molecule has 2 heterocycles. The molecule has 2 aromatic heterocycles. The molecule has 0 saturated heterocycles. The van der Waals surface area contributed by atoms with Crippen molar-refractivity contribution in [3.8, 4) is 11.3 Å². The minimum absolute atomic E-state index is 0.190. The highest BCUT2D eigenvalue weighted by atomic mass is 19.4. The summed E-state index contributed by atoms with van der Waals surface area (Å²) in [6.07, 6.45) is -2.86. The van der Waals surface area contributed by atoms with Crippen molar-refractivity contribution in [3.05, 3.63) is 23.1 Å². The van der Waals surface area contributed by atoms with E-state index in [0.29, 0.717) is 24.6 Å². The zero-order valence-electron chi connectivity index (χ0n) is 14.3. The van der Waals surface area contributed by atoms with E-state index in [1.165, 1.54) is 4.68 Å². The number of hydrogen-bond donors (Lipinski definition) is 2. The van der Waals surface area contributed by atoms with Gasteiger partial charge in [0.25, 0.3) is 0 Å². The summed E-state index contributed by atoms with van der Waals surface area (Å²) in [7, 11) is 0. The van der Waals surface area contributed by atoms with Gasteiger partial charge in [-0.2, -0.15) is 18.3 Å². The highest BCUT2D eigenvalue weighted by Crippen LogP contribution is 2.47. The summed E-state index contributed by atoms with van der Waals surface area (Å²) in [4.78, 5) is 0. The first kappa shape index (κ1) is 17.9. The monoisotopic (exact) mass is 359 g/mol. The molecule has 2 aromatic rings. The van der Waals surface area contributed by atoms with Crippen molar-refractivity contribution in [1.82, 2.24) is 14.9 Å². The molecular weight excluding hydrogens is 339 g/mol. The van der Waals surface area contributed by atoms with Crippen LogP contribution in [0, 0.1) is 0 Å². The quantitative estimate of drug-likeness (QED) is 0.880. The summed E-state index contributed by atoms with van der Waals surface area (Å²) in [5.41, 5.74) is -3.15.